The highest BCUT2D eigenvalue weighted by atomic mass is 19.3. The van der Waals surface area contributed by atoms with Crippen molar-refractivity contribution in [1.29, 1.82) is 5.26 Å². The van der Waals surface area contributed by atoms with Gasteiger partial charge in [0.25, 0.3) is 5.91 Å². The van der Waals surface area contributed by atoms with E-state index in [0.717, 1.165) is 0 Å². The lowest BCUT2D eigenvalue weighted by Gasteiger charge is -2.26. The Hall–Kier alpha value is -1.32. The van der Waals surface area contributed by atoms with Crippen LogP contribution in [-0.4, -0.2) is 36.2 Å². The first-order valence-electron chi connectivity index (χ1n) is 4.62. The van der Waals surface area contributed by atoms with Gasteiger partial charge in [-0.05, 0) is 13.8 Å². The molecular weight excluding hydrogens is 228 g/mol. The lowest BCUT2D eigenvalue weighted by Crippen LogP contribution is -2.48. The first-order valence-corrected chi connectivity index (χ1v) is 4.62. The smallest absolute Gasteiger partial charge is 0.336 e. The number of hydrogen-bond donors (Lipinski definition) is 0. The summed E-state index contributed by atoms with van der Waals surface area (Å²) in [6.45, 7) is 2.36. The van der Waals surface area contributed by atoms with Crippen molar-refractivity contribution in [1.82, 2.24) is 4.90 Å². The number of nitrogens with zero attached hydrogens (tertiary/aromatic N) is 2. The summed E-state index contributed by atoms with van der Waals surface area (Å²) >= 11 is 0. The molecule has 0 saturated carbocycles. The maximum Gasteiger partial charge on any atom is 0.383 e. The molecule has 0 heterocycles. The predicted octanol–water partition coefficient (Wildman–Crippen LogP) is 1.89. The Kier molecular flexibility index (Phi) is 5.21. The van der Waals surface area contributed by atoms with E-state index in [2.05, 4.69) is 0 Å². The summed E-state index contributed by atoms with van der Waals surface area (Å²) in [6.07, 6.45) is -4.04. The molecule has 1 amide bonds. The summed E-state index contributed by atoms with van der Waals surface area (Å²) in [5, 5.41) is 8.45. The minimum Gasteiger partial charge on any atom is -0.336 e. The maximum absolute atomic E-state index is 12.7. The van der Waals surface area contributed by atoms with Crippen LogP contribution in [0.4, 0.5) is 17.6 Å². The van der Waals surface area contributed by atoms with Crippen molar-refractivity contribution in [2.45, 2.75) is 26.2 Å². The van der Waals surface area contributed by atoms with Gasteiger partial charge in [-0.3, -0.25) is 4.79 Å². The van der Waals surface area contributed by atoms with Gasteiger partial charge in [0, 0.05) is 13.1 Å². The number of hydrogen-bond acceptors (Lipinski definition) is 2. The Balaban J connectivity index is 4.73. The summed E-state index contributed by atoms with van der Waals surface area (Å²) in [5.41, 5.74) is 0. The molecule has 92 valence electrons. The molecule has 0 spiro atoms. The molecule has 0 N–H and O–H groups in total. The van der Waals surface area contributed by atoms with E-state index >= 15 is 0 Å². The molecule has 0 aromatic rings. The van der Waals surface area contributed by atoms with Crippen molar-refractivity contribution < 1.29 is 22.4 Å². The van der Waals surface area contributed by atoms with Gasteiger partial charge in [-0.25, -0.2) is 8.78 Å². The van der Waals surface area contributed by atoms with Crippen molar-refractivity contribution in [3.8, 4) is 6.07 Å². The van der Waals surface area contributed by atoms with Crippen LogP contribution < -0.4 is 0 Å². The van der Waals surface area contributed by atoms with E-state index in [9.17, 15) is 22.4 Å². The second kappa shape index (κ2) is 5.68. The summed E-state index contributed by atoms with van der Waals surface area (Å²) in [4.78, 5) is 11.6. The molecule has 0 aliphatic rings. The van der Waals surface area contributed by atoms with E-state index in [1.807, 2.05) is 0 Å². The monoisotopic (exact) mass is 240 g/mol. The number of carbonyl (C=O) groups excluding carboxylic acids is 1. The number of halogens is 4. The molecule has 0 radical (unpaired) electrons. The first-order chi connectivity index (χ1) is 7.27. The molecule has 0 aliphatic heterocycles. The van der Waals surface area contributed by atoms with Gasteiger partial charge in [-0.1, -0.05) is 0 Å². The number of amides is 1. The summed E-state index contributed by atoms with van der Waals surface area (Å²) in [7, 11) is 0. The number of alkyl halides is 4. The van der Waals surface area contributed by atoms with Gasteiger partial charge in [0.2, 0.25) is 0 Å². The second-order valence-corrected chi connectivity index (χ2v) is 3.30. The predicted molar refractivity (Wildman–Crippen MR) is 48.0 cm³/mol. The molecule has 0 rings (SSSR count). The average molecular weight is 240 g/mol. The number of nitriles is 1. The summed E-state index contributed by atoms with van der Waals surface area (Å²) < 4.78 is 49.2. The van der Waals surface area contributed by atoms with Crippen LogP contribution in [0.5, 0.6) is 0 Å². The number of carbonyl (C=O) groups is 1. The lowest BCUT2D eigenvalue weighted by molar-refractivity contribution is -0.180. The molecule has 1 atom stereocenters. The molecule has 0 bridgehead atoms. The molecule has 3 nitrogen and oxygen atoms in total. The SMILES string of the molecule is CCN(CC(C)C#N)C(=O)C(F)(F)C(F)F. The van der Waals surface area contributed by atoms with Crippen molar-refractivity contribution in [2.24, 2.45) is 5.92 Å². The molecule has 0 saturated heterocycles. The standard InChI is InChI=1S/C9H12F4N2O/c1-3-15(5-6(2)4-14)8(16)9(12,13)7(10)11/h6-7H,3,5H2,1-2H3. The molecule has 0 aliphatic carbocycles. The van der Waals surface area contributed by atoms with Crippen molar-refractivity contribution in [2.75, 3.05) is 13.1 Å². The molecule has 1 unspecified atom stereocenters. The molecule has 0 aromatic heterocycles. The normalized spacial score (nSPS) is 13.4. The largest absolute Gasteiger partial charge is 0.383 e. The van der Waals surface area contributed by atoms with Crippen LogP contribution in [0, 0.1) is 17.2 Å². The van der Waals surface area contributed by atoms with Gasteiger partial charge in [-0.2, -0.15) is 14.0 Å². The second-order valence-electron chi connectivity index (χ2n) is 3.30. The fraction of sp³-hybridized carbons (Fsp3) is 0.778. The zero-order valence-corrected chi connectivity index (χ0v) is 8.88. The highest BCUT2D eigenvalue weighted by molar-refractivity contribution is 5.84. The fourth-order valence-electron chi connectivity index (χ4n) is 1.03. The molecule has 16 heavy (non-hydrogen) atoms. The van der Waals surface area contributed by atoms with E-state index in [1.165, 1.54) is 13.8 Å². The summed E-state index contributed by atoms with van der Waals surface area (Å²) in [5.74, 6) is -7.31. The van der Waals surface area contributed by atoms with E-state index in [4.69, 9.17) is 5.26 Å². The van der Waals surface area contributed by atoms with Crippen LogP contribution in [0.1, 0.15) is 13.8 Å². The van der Waals surface area contributed by atoms with Gasteiger partial charge >= 0.3 is 12.3 Å². The van der Waals surface area contributed by atoms with E-state index < -0.39 is 24.2 Å². The third-order valence-corrected chi connectivity index (χ3v) is 1.94. The average Bonchev–Trinajstić information content (AvgIpc) is 2.24. The van der Waals surface area contributed by atoms with Crippen LogP contribution in [0.15, 0.2) is 0 Å². The fourth-order valence-corrected chi connectivity index (χ4v) is 1.03. The minimum atomic E-state index is -4.69. The molecule has 0 fully saturated rings. The highest BCUT2D eigenvalue weighted by Crippen LogP contribution is 2.25. The van der Waals surface area contributed by atoms with Crippen molar-refractivity contribution in [3.63, 3.8) is 0 Å². The molecule has 0 aromatic carbocycles. The Bertz CT molecular complexity index is 288. The van der Waals surface area contributed by atoms with Crippen LogP contribution in [0.2, 0.25) is 0 Å². The van der Waals surface area contributed by atoms with Gasteiger partial charge in [0.15, 0.2) is 0 Å². The van der Waals surface area contributed by atoms with Gasteiger partial charge in [0.1, 0.15) is 0 Å². The van der Waals surface area contributed by atoms with Gasteiger partial charge in [0.05, 0.1) is 12.0 Å². The van der Waals surface area contributed by atoms with Crippen LogP contribution in [0.3, 0.4) is 0 Å². The number of rotatable bonds is 5. The highest BCUT2D eigenvalue weighted by Gasteiger charge is 2.50. The quantitative estimate of drug-likeness (QED) is 0.689. The van der Waals surface area contributed by atoms with Crippen molar-refractivity contribution >= 4 is 5.91 Å². The Morgan fingerprint density at radius 1 is 1.50 bits per heavy atom. The lowest BCUT2D eigenvalue weighted by atomic mass is 10.2. The Morgan fingerprint density at radius 2 is 2.00 bits per heavy atom. The van der Waals surface area contributed by atoms with E-state index in [1.54, 1.807) is 6.07 Å². The van der Waals surface area contributed by atoms with E-state index in [-0.39, 0.29) is 13.1 Å². The maximum atomic E-state index is 12.7. The van der Waals surface area contributed by atoms with Gasteiger partial charge < -0.3 is 4.90 Å². The molecule has 7 heteroatoms. The topological polar surface area (TPSA) is 44.1 Å². The van der Waals surface area contributed by atoms with E-state index in [0.29, 0.717) is 4.90 Å². The third-order valence-electron chi connectivity index (χ3n) is 1.94. The zero-order chi connectivity index (χ0) is 12.9. The summed E-state index contributed by atoms with van der Waals surface area (Å²) in [6, 6.07) is 1.74. The van der Waals surface area contributed by atoms with Gasteiger partial charge in [-0.15, -0.1) is 0 Å². The minimum absolute atomic E-state index is 0.146. The van der Waals surface area contributed by atoms with Crippen LogP contribution in [-0.2, 0) is 4.79 Å². The Morgan fingerprint density at radius 3 is 2.31 bits per heavy atom. The van der Waals surface area contributed by atoms with Crippen LogP contribution in [0.25, 0.3) is 0 Å². The Labute approximate surface area is 90.6 Å². The third kappa shape index (κ3) is 3.36. The van der Waals surface area contributed by atoms with Crippen LogP contribution >= 0.6 is 0 Å². The zero-order valence-electron chi connectivity index (χ0n) is 8.88. The first kappa shape index (κ1) is 14.7. The van der Waals surface area contributed by atoms with Crippen molar-refractivity contribution in [3.05, 3.63) is 0 Å². The molecular formula is C9H12F4N2O.